The Morgan fingerprint density at radius 2 is 2.05 bits per heavy atom. The third-order valence-electron chi connectivity index (χ3n) is 3.24. The molecule has 3 aromatic rings. The largest absolute Gasteiger partial charge is 0.457 e. The standard InChI is InChI=1S/C15H11ClFIN2O/c16-11-3-1-2-8-6-13(21-15(8)11)14(20-19)10-5-4-9(17)7-12(10)18/h1-7,14,20H,19H2. The Morgan fingerprint density at radius 3 is 2.71 bits per heavy atom. The summed E-state index contributed by atoms with van der Waals surface area (Å²) in [6.07, 6.45) is 0. The highest BCUT2D eigenvalue weighted by Crippen LogP contribution is 2.33. The van der Waals surface area contributed by atoms with Crippen LogP contribution in [0.5, 0.6) is 0 Å². The van der Waals surface area contributed by atoms with Crippen LogP contribution in [0.4, 0.5) is 4.39 Å². The van der Waals surface area contributed by atoms with Gasteiger partial charge in [0.05, 0.1) is 5.02 Å². The molecule has 3 N–H and O–H groups in total. The molecule has 0 amide bonds. The molecule has 0 bridgehead atoms. The first-order valence-corrected chi connectivity index (χ1v) is 7.65. The van der Waals surface area contributed by atoms with Gasteiger partial charge in [-0.15, -0.1) is 0 Å². The molecule has 1 atom stereocenters. The van der Waals surface area contributed by atoms with E-state index in [0.717, 1.165) is 14.5 Å². The van der Waals surface area contributed by atoms with E-state index in [1.54, 1.807) is 12.1 Å². The number of nitrogens with two attached hydrogens (primary N) is 1. The van der Waals surface area contributed by atoms with Crippen LogP contribution in [0.25, 0.3) is 11.0 Å². The maximum atomic E-state index is 13.2. The van der Waals surface area contributed by atoms with Crippen molar-refractivity contribution in [3.05, 3.63) is 68.2 Å². The summed E-state index contributed by atoms with van der Waals surface area (Å²) in [5.41, 5.74) is 4.17. The number of fused-ring (bicyclic) bond motifs is 1. The lowest BCUT2D eigenvalue weighted by atomic mass is 10.0. The fraction of sp³-hybridized carbons (Fsp3) is 0.0667. The second-order valence-electron chi connectivity index (χ2n) is 4.57. The summed E-state index contributed by atoms with van der Waals surface area (Å²) >= 11 is 8.19. The van der Waals surface area contributed by atoms with Gasteiger partial charge in [-0.25, -0.2) is 9.82 Å². The van der Waals surface area contributed by atoms with Crippen molar-refractivity contribution >= 4 is 45.2 Å². The van der Waals surface area contributed by atoms with Gasteiger partial charge in [0.15, 0.2) is 5.58 Å². The lowest BCUT2D eigenvalue weighted by Crippen LogP contribution is -2.29. The summed E-state index contributed by atoms with van der Waals surface area (Å²) in [6, 6.07) is 11.6. The van der Waals surface area contributed by atoms with Crippen molar-refractivity contribution < 1.29 is 8.81 Å². The van der Waals surface area contributed by atoms with Crippen LogP contribution in [-0.2, 0) is 0 Å². The maximum absolute atomic E-state index is 13.2. The Labute approximate surface area is 139 Å². The molecule has 0 spiro atoms. The number of hydrazine groups is 1. The van der Waals surface area contributed by atoms with Crippen molar-refractivity contribution in [2.75, 3.05) is 0 Å². The zero-order valence-corrected chi connectivity index (χ0v) is 13.7. The maximum Gasteiger partial charge on any atom is 0.152 e. The average molecular weight is 417 g/mol. The van der Waals surface area contributed by atoms with Crippen LogP contribution >= 0.6 is 34.2 Å². The van der Waals surface area contributed by atoms with E-state index in [1.165, 1.54) is 12.1 Å². The highest BCUT2D eigenvalue weighted by atomic mass is 127. The molecule has 0 radical (unpaired) electrons. The Kier molecular flexibility index (Phi) is 4.17. The monoisotopic (exact) mass is 416 g/mol. The lowest BCUT2D eigenvalue weighted by Gasteiger charge is -2.15. The van der Waals surface area contributed by atoms with Gasteiger partial charge >= 0.3 is 0 Å². The number of benzene rings is 2. The molecule has 1 aromatic heterocycles. The first kappa shape index (κ1) is 14.8. The molecule has 108 valence electrons. The summed E-state index contributed by atoms with van der Waals surface area (Å²) in [5, 5.41) is 1.44. The van der Waals surface area contributed by atoms with Crippen molar-refractivity contribution in [2.45, 2.75) is 6.04 Å². The van der Waals surface area contributed by atoms with E-state index in [0.29, 0.717) is 16.4 Å². The number of halogens is 3. The van der Waals surface area contributed by atoms with Gasteiger partial charge in [-0.1, -0.05) is 29.8 Å². The smallest absolute Gasteiger partial charge is 0.152 e. The molecule has 6 heteroatoms. The predicted molar refractivity (Wildman–Crippen MR) is 89.5 cm³/mol. The molecule has 21 heavy (non-hydrogen) atoms. The highest BCUT2D eigenvalue weighted by Gasteiger charge is 2.20. The number of furan rings is 1. The lowest BCUT2D eigenvalue weighted by molar-refractivity contribution is 0.475. The minimum absolute atomic E-state index is 0.286. The van der Waals surface area contributed by atoms with Crippen molar-refractivity contribution in [2.24, 2.45) is 5.84 Å². The summed E-state index contributed by atoms with van der Waals surface area (Å²) in [6.45, 7) is 0. The van der Waals surface area contributed by atoms with E-state index in [1.807, 2.05) is 18.2 Å². The van der Waals surface area contributed by atoms with Gasteiger partial charge in [0, 0.05) is 8.96 Å². The van der Waals surface area contributed by atoms with E-state index < -0.39 is 0 Å². The molecule has 1 unspecified atom stereocenters. The van der Waals surface area contributed by atoms with Crippen LogP contribution in [0.15, 0.2) is 46.9 Å². The Morgan fingerprint density at radius 1 is 1.24 bits per heavy atom. The van der Waals surface area contributed by atoms with E-state index in [9.17, 15) is 4.39 Å². The minimum Gasteiger partial charge on any atom is -0.457 e. The van der Waals surface area contributed by atoms with E-state index >= 15 is 0 Å². The summed E-state index contributed by atoms with van der Waals surface area (Å²) in [4.78, 5) is 0. The van der Waals surface area contributed by atoms with Crippen LogP contribution < -0.4 is 11.3 Å². The van der Waals surface area contributed by atoms with Crippen LogP contribution in [0.2, 0.25) is 5.02 Å². The van der Waals surface area contributed by atoms with E-state index in [4.69, 9.17) is 21.9 Å². The van der Waals surface area contributed by atoms with Crippen LogP contribution in [-0.4, -0.2) is 0 Å². The van der Waals surface area contributed by atoms with Gasteiger partial charge in [0.1, 0.15) is 17.6 Å². The van der Waals surface area contributed by atoms with Gasteiger partial charge in [-0.2, -0.15) is 0 Å². The molecule has 0 aliphatic carbocycles. The van der Waals surface area contributed by atoms with Gasteiger partial charge < -0.3 is 4.42 Å². The van der Waals surface area contributed by atoms with Crippen LogP contribution in [0, 0.1) is 9.39 Å². The van der Waals surface area contributed by atoms with Crippen molar-refractivity contribution in [3.8, 4) is 0 Å². The Balaban J connectivity index is 2.11. The fourth-order valence-corrected chi connectivity index (χ4v) is 3.26. The fourth-order valence-electron chi connectivity index (χ4n) is 2.25. The summed E-state index contributed by atoms with van der Waals surface area (Å²) < 4.78 is 19.8. The summed E-state index contributed by atoms with van der Waals surface area (Å²) in [5.74, 6) is 6.01. The van der Waals surface area contributed by atoms with Crippen molar-refractivity contribution in [3.63, 3.8) is 0 Å². The third-order valence-corrected chi connectivity index (χ3v) is 4.47. The molecule has 0 saturated heterocycles. The van der Waals surface area contributed by atoms with E-state index in [2.05, 4.69) is 28.0 Å². The minimum atomic E-state index is -0.374. The first-order chi connectivity index (χ1) is 10.1. The van der Waals surface area contributed by atoms with Crippen LogP contribution in [0.3, 0.4) is 0 Å². The molecular formula is C15H11ClFIN2O. The SMILES string of the molecule is NNC(c1cc2cccc(Cl)c2o1)c1ccc(F)cc1I. The molecule has 3 rings (SSSR count). The van der Waals surface area contributed by atoms with Gasteiger partial charge in [0.2, 0.25) is 0 Å². The Hall–Kier alpha value is -1.15. The van der Waals surface area contributed by atoms with Gasteiger partial charge in [-0.05, 0) is 52.4 Å². The third kappa shape index (κ3) is 2.78. The molecule has 3 nitrogen and oxygen atoms in total. The van der Waals surface area contributed by atoms with Crippen molar-refractivity contribution in [1.82, 2.24) is 5.43 Å². The molecule has 1 heterocycles. The molecule has 0 saturated carbocycles. The zero-order chi connectivity index (χ0) is 15.0. The molecule has 2 aromatic carbocycles. The Bertz CT molecular complexity index is 805. The zero-order valence-electron chi connectivity index (χ0n) is 10.7. The second-order valence-corrected chi connectivity index (χ2v) is 6.14. The number of para-hydroxylation sites is 1. The van der Waals surface area contributed by atoms with Crippen LogP contribution in [0.1, 0.15) is 17.4 Å². The number of rotatable bonds is 3. The van der Waals surface area contributed by atoms with Gasteiger partial charge in [0.25, 0.3) is 0 Å². The number of hydrogen-bond acceptors (Lipinski definition) is 3. The highest BCUT2D eigenvalue weighted by molar-refractivity contribution is 14.1. The number of hydrogen-bond donors (Lipinski definition) is 2. The molecule has 0 aliphatic heterocycles. The van der Waals surface area contributed by atoms with E-state index in [-0.39, 0.29) is 11.9 Å². The number of nitrogens with one attached hydrogen (secondary N) is 1. The average Bonchev–Trinajstić information content (AvgIpc) is 2.87. The first-order valence-electron chi connectivity index (χ1n) is 6.19. The molecule has 0 fully saturated rings. The van der Waals surface area contributed by atoms with Gasteiger partial charge in [-0.3, -0.25) is 5.84 Å². The normalized spacial score (nSPS) is 12.8. The second kappa shape index (κ2) is 5.92. The summed E-state index contributed by atoms with van der Waals surface area (Å²) in [7, 11) is 0. The molecular weight excluding hydrogens is 406 g/mol. The topological polar surface area (TPSA) is 51.2 Å². The predicted octanol–water partition coefficient (Wildman–Crippen LogP) is 4.38. The van der Waals surface area contributed by atoms with Crippen molar-refractivity contribution in [1.29, 1.82) is 0 Å². The quantitative estimate of drug-likeness (QED) is 0.378. The molecule has 0 aliphatic rings.